The Labute approximate surface area is 123 Å². The number of nitrogens with zero attached hydrogens (tertiary/aromatic N) is 5. The molecule has 1 aliphatic heterocycles. The number of rotatable bonds is 5. The highest BCUT2D eigenvalue weighted by atomic mass is 32.1. The smallest absolute Gasteiger partial charge is 0.207 e. The summed E-state index contributed by atoms with van der Waals surface area (Å²) in [5, 5.41) is 8.44. The van der Waals surface area contributed by atoms with Gasteiger partial charge in [0.1, 0.15) is 5.82 Å². The van der Waals surface area contributed by atoms with Gasteiger partial charge >= 0.3 is 0 Å². The van der Waals surface area contributed by atoms with Crippen LogP contribution in [0.25, 0.3) is 0 Å². The molecule has 7 heteroatoms. The molecule has 0 amide bonds. The molecule has 20 heavy (non-hydrogen) atoms. The zero-order valence-corrected chi connectivity index (χ0v) is 12.6. The Morgan fingerprint density at radius 2 is 2.10 bits per heavy atom. The van der Waals surface area contributed by atoms with Gasteiger partial charge in [0, 0.05) is 24.3 Å². The van der Waals surface area contributed by atoms with Gasteiger partial charge in [-0.3, -0.25) is 4.68 Å². The first-order valence-corrected chi connectivity index (χ1v) is 7.89. The van der Waals surface area contributed by atoms with Crippen molar-refractivity contribution in [2.45, 2.75) is 32.7 Å². The zero-order chi connectivity index (χ0) is 13.8. The van der Waals surface area contributed by atoms with Crippen molar-refractivity contribution >= 4 is 22.4 Å². The molecule has 0 aromatic carbocycles. The van der Waals surface area contributed by atoms with E-state index in [2.05, 4.69) is 24.7 Å². The number of hydrogen-bond acceptors (Lipinski definition) is 6. The van der Waals surface area contributed by atoms with Crippen molar-refractivity contribution in [1.82, 2.24) is 24.0 Å². The summed E-state index contributed by atoms with van der Waals surface area (Å²) in [4.78, 5) is 6.81. The molecule has 1 N–H and O–H groups in total. The first-order chi connectivity index (χ1) is 9.79. The predicted octanol–water partition coefficient (Wildman–Crippen LogP) is 2.27. The SMILES string of the molecule is Cc1nsc(Nc2cnn(CCN3CCCCC3)c2)n1. The molecule has 0 saturated carbocycles. The Kier molecular flexibility index (Phi) is 4.27. The highest BCUT2D eigenvalue weighted by Gasteiger charge is 2.10. The first kappa shape index (κ1) is 13.5. The summed E-state index contributed by atoms with van der Waals surface area (Å²) in [5.41, 5.74) is 0.972. The first-order valence-electron chi connectivity index (χ1n) is 7.12. The molecule has 6 nitrogen and oxygen atoms in total. The Morgan fingerprint density at radius 3 is 2.85 bits per heavy atom. The van der Waals surface area contributed by atoms with Crippen molar-refractivity contribution in [3.8, 4) is 0 Å². The minimum absolute atomic E-state index is 0.801. The molecule has 3 heterocycles. The number of nitrogens with one attached hydrogen (secondary N) is 1. The van der Waals surface area contributed by atoms with Crippen LogP contribution in [0.5, 0.6) is 0 Å². The van der Waals surface area contributed by atoms with E-state index in [1.54, 1.807) is 0 Å². The lowest BCUT2D eigenvalue weighted by Crippen LogP contribution is -2.32. The molecule has 1 saturated heterocycles. The minimum atomic E-state index is 0.801. The maximum absolute atomic E-state index is 4.39. The summed E-state index contributed by atoms with van der Waals surface area (Å²) >= 11 is 1.37. The lowest BCUT2D eigenvalue weighted by Gasteiger charge is -2.26. The fourth-order valence-corrected chi connectivity index (χ4v) is 3.04. The van der Waals surface area contributed by atoms with Gasteiger partial charge in [0.25, 0.3) is 0 Å². The van der Waals surface area contributed by atoms with Gasteiger partial charge in [0.2, 0.25) is 5.13 Å². The second kappa shape index (κ2) is 6.32. The fraction of sp³-hybridized carbons (Fsp3) is 0.615. The summed E-state index contributed by atoms with van der Waals surface area (Å²) in [6, 6.07) is 0. The molecule has 1 aliphatic rings. The lowest BCUT2D eigenvalue weighted by molar-refractivity contribution is 0.218. The summed E-state index contributed by atoms with van der Waals surface area (Å²) in [7, 11) is 0. The van der Waals surface area contributed by atoms with Crippen molar-refractivity contribution in [3.05, 3.63) is 18.2 Å². The molecule has 0 atom stereocenters. The van der Waals surface area contributed by atoms with Crippen LogP contribution in [-0.2, 0) is 6.54 Å². The van der Waals surface area contributed by atoms with E-state index in [1.807, 2.05) is 24.0 Å². The Balaban J connectivity index is 1.51. The number of anilines is 2. The molecule has 2 aromatic heterocycles. The summed E-state index contributed by atoms with van der Waals surface area (Å²) in [6.45, 7) is 6.38. The van der Waals surface area contributed by atoms with E-state index in [4.69, 9.17) is 0 Å². The van der Waals surface area contributed by atoms with Gasteiger partial charge in [-0.15, -0.1) is 0 Å². The van der Waals surface area contributed by atoms with E-state index >= 15 is 0 Å². The van der Waals surface area contributed by atoms with Crippen LogP contribution < -0.4 is 5.32 Å². The normalized spacial score (nSPS) is 16.4. The molecule has 0 spiro atoms. The quantitative estimate of drug-likeness (QED) is 0.916. The van der Waals surface area contributed by atoms with Gasteiger partial charge in [-0.05, 0) is 32.9 Å². The topological polar surface area (TPSA) is 58.9 Å². The molecule has 0 radical (unpaired) electrons. The van der Waals surface area contributed by atoms with Crippen LogP contribution in [0.2, 0.25) is 0 Å². The molecule has 0 unspecified atom stereocenters. The second-order valence-corrected chi connectivity index (χ2v) is 5.92. The van der Waals surface area contributed by atoms with Crippen LogP contribution in [-0.4, -0.2) is 43.7 Å². The van der Waals surface area contributed by atoms with Crippen LogP contribution in [0.3, 0.4) is 0 Å². The summed E-state index contributed by atoms with van der Waals surface area (Å²) in [6.07, 6.45) is 7.92. The molecule has 0 aliphatic carbocycles. The monoisotopic (exact) mass is 292 g/mol. The standard InChI is InChI=1S/C13H20N6S/c1-11-15-13(20-17-11)16-12-9-14-19(10-12)8-7-18-5-3-2-4-6-18/h9-10H,2-8H2,1H3,(H,15,16,17). The van der Waals surface area contributed by atoms with Crippen LogP contribution >= 0.6 is 11.5 Å². The summed E-state index contributed by atoms with van der Waals surface area (Å²) in [5.74, 6) is 0.801. The van der Waals surface area contributed by atoms with Gasteiger partial charge in [-0.2, -0.15) is 9.47 Å². The molecule has 3 rings (SSSR count). The highest BCUT2D eigenvalue weighted by molar-refractivity contribution is 7.09. The van der Waals surface area contributed by atoms with Crippen LogP contribution in [0.1, 0.15) is 25.1 Å². The second-order valence-electron chi connectivity index (χ2n) is 5.17. The van der Waals surface area contributed by atoms with Gasteiger partial charge < -0.3 is 10.2 Å². The van der Waals surface area contributed by atoms with E-state index < -0.39 is 0 Å². The largest absolute Gasteiger partial charge is 0.328 e. The van der Waals surface area contributed by atoms with Crippen molar-refractivity contribution in [2.75, 3.05) is 25.0 Å². The molecular formula is C13H20N6S. The van der Waals surface area contributed by atoms with E-state index in [-0.39, 0.29) is 0 Å². The lowest BCUT2D eigenvalue weighted by atomic mass is 10.1. The van der Waals surface area contributed by atoms with Crippen molar-refractivity contribution in [1.29, 1.82) is 0 Å². The maximum Gasteiger partial charge on any atom is 0.207 e. The van der Waals surface area contributed by atoms with Crippen molar-refractivity contribution in [2.24, 2.45) is 0 Å². The van der Waals surface area contributed by atoms with E-state index in [0.717, 1.165) is 29.7 Å². The number of hydrogen-bond donors (Lipinski definition) is 1. The van der Waals surface area contributed by atoms with Crippen molar-refractivity contribution in [3.63, 3.8) is 0 Å². The minimum Gasteiger partial charge on any atom is -0.328 e. The van der Waals surface area contributed by atoms with Gasteiger partial charge in [0.05, 0.1) is 18.4 Å². The average molecular weight is 292 g/mol. The number of aromatic nitrogens is 4. The fourth-order valence-electron chi connectivity index (χ4n) is 2.45. The molecule has 108 valence electrons. The summed E-state index contributed by atoms with van der Waals surface area (Å²) < 4.78 is 6.14. The van der Waals surface area contributed by atoms with E-state index in [9.17, 15) is 0 Å². The zero-order valence-electron chi connectivity index (χ0n) is 11.7. The third-order valence-corrected chi connectivity index (χ3v) is 4.23. The van der Waals surface area contributed by atoms with Gasteiger partial charge in [-0.1, -0.05) is 6.42 Å². The van der Waals surface area contributed by atoms with Crippen LogP contribution in [0.4, 0.5) is 10.8 Å². The van der Waals surface area contributed by atoms with Crippen molar-refractivity contribution < 1.29 is 0 Å². The number of likely N-dealkylation sites (tertiary alicyclic amines) is 1. The van der Waals surface area contributed by atoms with Crippen LogP contribution in [0.15, 0.2) is 12.4 Å². The van der Waals surface area contributed by atoms with Gasteiger partial charge in [-0.25, -0.2) is 4.98 Å². The predicted molar refractivity (Wildman–Crippen MR) is 80.4 cm³/mol. The maximum atomic E-state index is 4.39. The molecule has 0 bridgehead atoms. The third-order valence-electron chi connectivity index (χ3n) is 3.51. The Bertz CT molecular complexity index is 543. The number of aryl methyl sites for hydroxylation is 1. The van der Waals surface area contributed by atoms with E-state index in [1.165, 1.54) is 43.9 Å². The molecule has 1 fully saturated rings. The Hall–Kier alpha value is -1.47. The Morgan fingerprint density at radius 1 is 1.25 bits per heavy atom. The van der Waals surface area contributed by atoms with E-state index in [0.29, 0.717) is 0 Å². The third kappa shape index (κ3) is 3.55. The highest BCUT2D eigenvalue weighted by Crippen LogP contribution is 2.17. The van der Waals surface area contributed by atoms with Gasteiger partial charge in [0.15, 0.2) is 0 Å². The molecular weight excluding hydrogens is 272 g/mol. The molecule has 2 aromatic rings. The average Bonchev–Trinajstić information content (AvgIpc) is 3.08. The van der Waals surface area contributed by atoms with Crippen LogP contribution in [0, 0.1) is 6.92 Å². The number of piperidine rings is 1.